The second kappa shape index (κ2) is 6.18. The van der Waals surface area contributed by atoms with Crippen molar-refractivity contribution < 1.29 is 9.53 Å². The van der Waals surface area contributed by atoms with Gasteiger partial charge in [-0.1, -0.05) is 23.7 Å². The smallest absolute Gasteiger partial charge is 0.261 e. The third-order valence-electron chi connectivity index (χ3n) is 4.78. The summed E-state index contributed by atoms with van der Waals surface area (Å²) in [6, 6.07) is 10.8. The van der Waals surface area contributed by atoms with Crippen LogP contribution in [0.4, 0.5) is 5.69 Å². The van der Waals surface area contributed by atoms with Crippen LogP contribution in [0.2, 0.25) is 5.02 Å². The fourth-order valence-electron chi connectivity index (χ4n) is 3.55. The fourth-order valence-corrected chi connectivity index (χ4v) is 3.72. The topological polar surface area (TPSA) is 60.3 Å². The van der Waals surface area contributed by atoms with Gasteiger partial charge in [-0.2, -0.15) is 0 Å². The molecule has 0 radical (unpaired) electrons. The number of hydrogen-bond donors (Lipinski definition) is 1. The van der Waals surface area contributed by atoms with E-state index in [0.29, 0.717) is 21.8 Å². The van der Waals surface area contributed by atoms with E-state index in [4.69, 9.17) is 16.3 Å². The largest absolute Gasteiger partial charge is 0.495 e. The average Bonchev–Trinajstić information content (AvgIpc) is 2.94. The number of carbonyl (C=O) groups is 1. The molecule has 26 heavy (non-hydrogen) atoms. The average molecular weight is 369 g/mol. The molecule has 0 saturated carbocycles. The predicted octanol–water partition coefficient (Wildman–Crippen LogP) is 4.03. The number of halogens is 1. The molecule has 2 aromatic carbocycles. The van der Waals surface area contributed by atoms with Gasteiger partial charge >= 0.3 is 0 Å². The van der Waals surface area contributed by atoms with Gasteiger partial charge in [0, 0.05) is 22.6 Å². The number of para-hydroxylation sites is 1. The quantitative estimate of drug-likeness (QED) is 0.759. The van der Waals surface area contributed by atoms with Crippen LogP contribution < -0.4 is 15.5 Å². The first kappa shape index (κ1) is 16.7. The Morgan fingerprint density at radius 3 is 2.88 bits per heavy atom. The Morgan fingerprint density at radius 1 is 1.31 bits per heavy atom. The summed E-state index contributed by atoms with van der Waals surface area (Å²) in [6.45, 7) is 2.07. The third kappa shape index (κ3) is 2.56. The Kier molecular flexibility index (Phi) is 3.96. The molecule has 1 amide bonds. The van der Waals surface area contributed by atoms with Crippen molar-refractivity contribution in [1.29, 1.82) is 0 Å². The van der Waals surface area contributed by atoms with Crippen molar-refractivity contribution in [3.63, 3.8) is 0 Å². The van der Waals surface area contributed by atoms with Crippen LogP contribution in [-0.2, 0) is 6.42 Å². The molecule has 2 heterocycles. The molecule has 1 aliphatic rings. The number of nitrogens with zero attached hydrogens (tertiary/aromatic N) is 1. The normalized spacial score (nSPS) is 15.3. The van der Waals surface area contributed by atoms with Crippen molar-refractivity contribution in [1.82, 2.24) is 4.57 Å². The van der Waals surface area contributed by atoms with Gasteiger partial charge in [-0.25, -0.2) is 0 Å². The van der Waals surface area contributed by atoms with Crippen molar-refractivity contribution in [2.75, 3.05) is 12.4 Å². The zero-order chi connectivity index (χ0) is 18.4. The Morgan fingerprint density at radius 2 is 2.12 bits per heavy atom. The zero-order valence-corrected chi connectivity index (χ0v) is 15.1. The van der Waals surface area contributed by atoms with E-state index in [2.05, 4.69) is 12.2 Å². The maximum Gasteiger partial charge on any atom is 0.261 e. The number of ether oxygens (including phenoxy) is 1. The molecular formula is C20H17ClN2O3. The lowest BCUT2D eigenvalue weighted by Gasteiger charge is -2.14. The molecule has 1 N–H and O–H groups in total. The standard InChI is InChI=1S/C20H17ClN2O3/c1-11-8-12-4-3-5-14-18(12)23(11)10-15(19(14)24)20(25)22-16-9-13(21)6-7-17(16)26-2/h3-7,9-11H,8H2,1-2H3,(H,22,25)/t11-/m1/s1. The Labute approximate surface area is 155 Å². The summed E-state index contributed by atoms with van der Waals surface area (Å²) in [5.74, 6) is -0.00504. The minimum Gasteiger partial charge on any atom is -0.495 e. The van der Waals surface area contributed by atoms with E-state index in [1.807, 2.05) is 16.7 Å². The van der Waals surface area contributed by atoms with E-state index in [1.54, 1.807) is 30.5 Å². The summed E-state index contributed by atoms with van der Waals surface area (Å²) in [5, 5.41) is 3.78. The van der Waals surface area contributed by atoms with Crippen LogP contribution >= 0.6 is 11.6 Å². The maximum absolute atomic E-state index is 12.9. The van der Waals surface area contributed by atoms with Crippen LogP contribution in [-0.4, -0.2) is 17.6 Å². The van der Waals surface area contributed by atoms with Gasteiger partial charge in [0.05, 0.1) is 18.3 Å². The number of hydrogen-bond acceptors (Lipinski definition) is 3. The lowest BCUT2D eigenvalue weighted by Crippen LogP contribution is -2.24. The van der Waals surface area contributed by atoms with E-state index in [0.717, 1.165) is 17.5 Å². The summed E-state index contributed by atoms with van der Waals surface area (Å²) in [4.78, 5) is 25.7. The Balaban J connectivity index is 1.81. The summed E-state index contributed by atoms with van der Waals surface area (Å²) < 4.78 is 7.26. The molecule has 0 fully saturated rings. The summed E-state index contributed by atoms with van der Waals surface area (Å²) in [7, 11) is 1.51. The molecule has 0 spiro atoms. The van der Waals surface area contributed by atoms with Crippen molar-refractivity contribution in [3.05, 3.63) is 69.0 Å². The van der Waals surface area contributed by atoms with E-state index < -0.39 is 5.91 Å². The van der Waals surface area contributed by atoms with Crippen LogP contribution in [0.5, 0.6) is 5.75 Å². The number of carbonyl (C=O) groups excluding carboxylic acids is 1. The van der Waals surface area contributed by atoms with Crippen LogP contribution in [0.15, 0.2) is 47.4 Å². The van der Waals surface area contributed by atoms with E-state index in [1.165, 1.54) is 7.11 Å². The van der Waals surface area contributed by atoms with Gasteiger partial charge in [0.2, 0.25) is 5.43 Å². The minimum absolute atomic E-state index is 0.102. The first-order valence-corrected chi connectivity index (χ1v) is 8.69. The van der Waals surface area contributed by atoms with Crippen molar-refractivity contribution >= 4 is 34.1 Å². The monoisotopic (exact) mass is 368 g/mol. The fraction of sp³-hybridized carbons (Fsp3) is 0.200. The highest BCUT2D eigenvalue weighted by atomic mass is 35.5. The number of anilines is 1. The number of nitrogens with one attached hydrogen (secondary N) is 1. The number of methoxy groups -OCH3 is 1. The minimum atomic E-state index is -0.481. The van der Waals surface area contributed by atoms with Crippen LogP contribution in [0, 0.1) is 0 Å². The number of rotatable bonds is 3. The molecule has 5 nitrogen and oxygen atoms in total. The number of benzene rings is 2. The highest BCUT2D eigenvalue weighted by molar-refractivity contribution is 6.31. The molecule has 6 heteroatoms. The molecule has 132 valence electrons. The second-order valence-electron chi connectivity index (χ2n) is 6.44. The molecule has 3 aromatic rings. The van der Waals surface area contributed by atoms with E-state index >= 15 is 0 Å². The van der Waals surface area contributed by atoms with Gasteiger partial charge in [-0.05, 0) is 43.2 Å². The van der Waals surface area contributed by atoms with Crippen molar-refractivity contribution in [2.24, 2.45) is 0 Å². The SMILES string of the molecule is COc1ccc(Cl)cc1NC(=O)c1cn2c3c(cccc3c1=O)C[C@H]2C. The van der Waals surface area contributed by atoms with Gasteiger partial charge < -0.3 is 14.6 Å². The molecule has 1 atom stereocenters. The lowest BCUT2D eigenvalue weighted by molar-refractivity contribution is 0.102. The van der Waals surface area contributed by atoms with Gasteiger partial charge in [0.25, 0.3) is 5.91 Å². The van der Waals surface area contributed by atoms with Gasteiger partial charge in [-0.3, -0.25) is 9.59 Å². The van der Waals surface area contributed by atoms with Gasteiger partial charge in [0.1, 0.15) is 11.3 Å². The third-order valence-corrected chi connectivity index (χ3v) is 5.01. The lowest BCUT2D eigenvalue weighted by atomic mass is 10.1. The number of amides is 1. The highest BCUT2D eigenvalue weighted by Crippen LogP contribution is 2.32. The summed E-state index contributed by atoms with van der Waals surface area (Å²) in [6.07, 6.45) is 2.50. The van der Waals surface area contributed by atoms with Crippen molar-refractivity contribution in [2.45, 2.75) is 19.4 Å². The van der Waals surface area contributed by atoms with Gasteiger partial charge in [0.15, 0.2) is 0 Å². The first-order valence-electron chi connectivity index (χ1n) is 8.31. The number of pyridine rings is 1. The summed E-state index contributed by atoms with van der Waals surface area (Å²) in [5.41, 5.74) is 2.31. The molecular weight excluding hydrogens is 352 g/mol. The molecule has 0 saturated heterocycles. The molecule has 1 aliphatic heterocycles. The Bertz CT molecular complexity index is 1100. The maximum atomic E-state index is 12.9. The molecule has 0 bridgehead atoms. The highest BCUT2D eigenvalue weighted by Gasteiger charge is 2.24. The first-order chi connectivity index (χ1) is 12.5. The predicted molar refractivity (Wildman–Crippen MR) is 103 cm³/mol. The zero-order valence-electron chi connectivity index (χ0n) is 14.4. The van der Waals surface area contributed by atoms with Crippen molar-refractivity contribution in [3.8, 4) is 5.75 Å². The molecule has 4 rings (SSSR count). The van der Waals surface area contributed by atoms with Crippen LogP contribution in [0.3, 0.4) is 0 Å². The second-order valence-corrected chi connectivity index (χ2v) is 6.88. The van der Waals surface area contributed by atoms with E-state index in [9.17, 15) is 9.59 Å². The van der Waals surface area contributed by atoms with Crippen LogP contribution in [0.25, 0.3) is 10.9 Å². The van der Waals surface area contributed by atoms with Gasteiger partial charge in [-0.15, -0.1) is 0 Å². The summed E-state index contributed by atoms with van der Waals surface area (Å²) >= 11 is 6.01. The Hall–Kier alpha value is -2.79. The van der Waals surface area contributed by atoms with E-state index in [-0.39, 0.29) is 17.0 Å². The molecule has 0 aliphatic carbocycles. The number of aromatic nitrogens is 1. The van der Waals surface area contributed by atoms with Crippen LogP contribution in [0.1, 0.15) is 28.9 Å². The molecule has 1 aromatic heterocycles. The molecule has 0 unspecified atom stereocenters.